The molecule has 2 heterocycles. The van der Waals surface area contributed by atoms with Gasteiger partial charge in [-0.25, -0.2) is 4.98 Å². The molecule has 1 unspecified atom stereocenters. The second-order valence-corrected chi connectivity index (χ2v) is 7.75. The lowest BCUT2D eigenvalue weighted by atomic mass is 10.2. The van der Waals surface area contributed by atoms with Gasteiger partial charge in [0, 0.05) is 4.88 Å². The van der Waals surface area contributed by atoms with Crippen LogP contribution in [0.1, 0.15) is 17.6 Å². The summed E-state index contributed by atoms with van der Waals surface area (Å²) < 4.78 is 1.31. The summed E-state index contributed by atoms with van der Waals surface area (Å²) in [5.41, 5.74) is 5.60. The molecule has 0 spiro atoms. The van der Waals surface area contributed by atoms with Crippen LogP contribution in [-0.4, -0.2) is 34.5 Å². The number of thiophene rings is 1. The molecule has 0 radical (unpaired) electrons. The topological polar surface area (TPSA) is 112 Å². The van der Waals surface area contributed by atoms with Gasteiger partial charge < -0.3 is 16.0 Å². The number of hydrogen-bond donors (Lipinski definition) is 3. The Morgan fingerprint density at radius 2 is 2.03 bits per heavy atom. The van der Waals surface area contributed by atoms with Gasteiger partial charge in [0.05, 0.1) is 24.0 Å². The van der Waals surface area contributed by atoms with Crippen molar-refractivity contribution in [1.29, 1.82) is 0 Å². The lowest BCUT2D eigenvalue weighted by molar-refractivity contribution is -0.904. The number of rotatable bonds is 9. The zero-order valence-electron chi connectivity index (χ0n) is 16.2. The van der Waals surface area contributed by atoms with Gasteiger partial charge in [-0.15, -0.1) is 11.3 Å². The first-order valence-electron chi connectivity index (χ1n) is 9.37. The Morgan fingerprint density at radius 1 is 1.24 bits per heavy atom. The lowest BCUT2D eigenvalue weighted by Gasteiger charge is -2.19. The summed E-state index contributed by atoms with van der Waals surface area (Å²) in [6, 6.07) is 10.9. The third kappa shape index (κ3) is 5.27. The number of aromatic nitrogens is 2. The van der Waals surface area contributed by atoms with Gasteiger partial charge in [-0.2, -0.15) is 0 Å². The fraction of sp³-hybridized carbons (Fsp3) is 0.300. The standard InChI is InChI=1S/C20H23N5O3S/c1-2-24(13-19(27)22-10-14-6-5-9-29-14)12-18-23-16-8-4-3-7-15(16)20(28)25(18)11-17(21)26/h3-9H,2,10-13H2,1H3,(H2,21,26)(H,22,27)/p+1. The molecule has 0 saturated carbocycles. The van der Waals surface area contributed by atoms with Crippen molar-refractivity contribution in [3.63, 3.8) is 0 Å². The molecule has 3 aromatic rings. The summed E-state index contributed by atoms with van der Waals surface area (Å²) >= 11 is 1.59. The number of hydrogen-bond acceptors (Lipinski definition) is 5. The first-order valence-corrected chi connectivity index (χ1v) is 10.2. The Hall–Kier alpha value is -3.04. The monoisotopic (exact) mass is 414 g/mol. The van der Waals surface area contributed by atoms with Gasteiger partial charge in [0.25, 0.3) is 11.5 Å². The van der Waals surface area contributed by atoms with Crippen molar-refractivity contribution in [2.75, 3.05) is 13.1 Å². The van der Waals surface area contributed by atoms with E-state index in [1.54, 1.807) is 35.6 Å². The molecule has 0 aliphatic heterocycles. The highest BCUT2D eigenvalue weighted by molar-refractivity contribution is 7.09. The van der Waals surface area contributed by atoms with Crippen LogP contribution in [0.3, 0.4) is 0 Å². The maximum absolute atomic E-state index is 12.8. The van der Waals surface area contributed by atoms with Crippen LogP contribution in [0.2, 0.25) is 0 Å². The summed E-state index contributed by atoms with van der Waals surface area (Å²) in [7, 11) is 0. The van der Waals surface area contributed by atoms with E-state index in [4.69, 9.17) is 5.73 Å². The Balaban J connectivity index is 1.79. The van der Waals surface area contributed by atoms with E-state index in [1.165, 1.54) is 4.57 Å². The predicted molar refractivity (Wildman–Crippen MR) is 111 cm³/mol. The van der Waals surface area contributed by atoms with E-state index in [-0.39, 0.29) is 24.6 Å². The predicted octanol–water partition coefficient (Wildman–Crippen LogP) is -0.335. The highest BCUT2D eigenvalue weighted by atomic mass is 32.1. The molecule has 9 heteroatoms. The van der Waals surface area contributed by atoms with Crippen LogP contribution in [0.5, 0.6) is 0 Å². The zero-order chi connectivity index (χ0) is 20.8. The van der Waals surface area contributed by atoms with Crippen molar-refractivity contribution in [2.24, 2.45) is 5.73 Å². The van der Waals surface area contributed by atoms with Gasteiger partial charge >= 0.3 is 0 Å². The molecule has 1 atom stereocenters. The summed E-state index contributed by atoms with van der Waals surface area (Å²) in [5.74, 6) is -0.257. The highest BCUT2D eigenvalue weighted by Gasteiger charge is 2.19. The number of fused-ring (bicyclic) bond motifs is 1. The van der Waals surface area contributed by atoms with Crippen molar-refractivity contribution in [1.82, 2.24) is 14.9 Å². The first kappa shape index (κ1) is 20.7. The number of carbonyl (C=O) groups excluding carboxylic acids is 2. The molecule has 0 fully saturated rings. The minimum Gasteiger partial charge on any atom is -0.368 e. The van der Waals surface area contributed by atoms with E-state index >= 15 is 0 Å². The number of benzene rings is 1. The molecular formula is C20H24N5O3S+. The molecule has 0 saturated heterocycles. The number of carbonyl (C=O) groups is 2. The average Bonchev–Trinajstić information content (AvgIpc) is 3.22. The molecule has 29 heavy (non-hydrogen) atoms. The summed E-state index contributed by atoms with van der Waals surface area (Å²) in [5, 5.41) is 5.31. The average molecular weight is 415 g/mol. The van der Waals surface area contributed by atoms with Crippen LogP contribution in [0.25, 0.3) is 10.9 Å². The third-order valence-electron chi connectivity index (χ3n) is 4.61. The van der Waals surface area contributed by atoms with Crippen LogP contribution < -0.4 is 21.5 Å². The molecule has 0 aliphatic carbocycles. The Labute approximate surface area is 172 Å². The molecule has 2 amide bonds. The molecule has 0 aliphatic rings. The molecule has 1 aromatic carbocycles. The second kappa shape index (κ2) is 9.44. The number of amides is 2. The van der Waals surface area contributed by atoms with Crippen molar-refractivity contribution in [2.45, 2.75) is 26.6 Å². The molecule has 4 N–H and O–H groups in total. The largest absolute Gasteiger partial charge is 0.368 e. The summed E-state index contributed by atoms with van der Waals surface area (Å²) in [4.78, 5) is 43.3. The SMILES string of the molecule is CC[NH+](CC(=O)NCc1cccs1)Cc1nc2ccccc2c(=O)n1CC(N)=O. The smallest absolute Gasteiger partial charge is 0.275 e. The van der Waals surface area contributed by atoms with E-state index in [1.807, 2.05) is 24.4 Å². The summed E-state index contributed by atoms with van der Waals surface area (Å²) in [6.07, 6.45) is 0. The van der Waals surface area contributed by atoms with Crippen LogP contribution in [-0.2, 0) is 29.2 Å². The maximum Gasteiger partial charge on any atom is 0.275 e. The lowest BCUT2D eigenvalue weighted by Crippen LogP contribution is -3.11. The number of nitrogens with zero attached hydrogens (tertiary/aromatic N) is 2. The van der Waals surface area contributed by atoms with Gasteiger partial charge in [-0.3, -0.25) is 19.0 Å². The van der Waals surface area contributed by atoms with E-state index in [0.717, 1.165) is 9.78 Å². The first-order chi connectivity index (χ1) is 14.0. The van der Waals surface area contributed by atoms with Crippen LogP contribution >= 0.6 is 11.3 Å². The Kier molecular flexibility index (Phi) is 6.73. The number of nitrogens with two attached hydrogens (primary N) is 1. The quantitative estimate of drug-likeness (QED) is 0.445. The van der Waals surface area contributed by atoms with Gasteiger partial charge in [0.2, 0.25) is 5.91 Å². The van der Waals surface area contributed by atoms with Crippen LogP contribution in [0.4, 0.5) is 0 Å². The minimum absolute atomic E-state index is 0.0835. The Morgan fingerprint density at radius 3 is 2.72 bits per heavy atom. The molecule has 2 aromatic heterocycles. The number of para-hydroxylation sites is 1. The molecule has 3 rings (SSSR count). The highest BCUT2D eigenvalue weighted by Crippen LogP contribution is 2.08. The van der Waals surface area contributed by atoms with Gasteiger partial charge in [0.15, 0.2) is 12.4 Å². The summed E-state index contributed by atoms with van der Waals surface area (Å²) in [6.45, 7) is 3.43. The molecule has 8 nitrogen and oxygen atoms in total. The zero-order valence-corrected chi connectivity index (χ0v) is 17.0. The van der Waals surface area contributed by atoms with Crippen LogP contribution in [0.15, 0.2) is 46.6 Å². The van der Waals surface area contributed by atoms with Crippen molar-refractivity contribution in [3.8, 4) is 0 Å². The van der Waals surface area contributed by atoms with Crippen LogP contribution in [0, 0.1) is 0 Å². The van der Waals surface area contributed by atoms with Gasteiger partial charge in [0.1, 0.15) is 13.1 Å². The molecule has 0 bridgehead atoms. The Bertz CT molecular complexity index is 1060. The van der Waals surface area contributed by atoms with Gasteiger partial charge in [-0.1, -0.05) is 18.2 Å². The second-order valence-electron chi connectivity index (χ2n) is 6.72. The van der Waals surface area contributed by atoms with E-state index < -0.39 is 5.91 Å². The van der Waals surface area contributed by atoms with Crippen molar-refractivity contribution < 1.29 is 14.5 Å². The van der Waals surface area contributed by atoms with E-state index in [9.17, 15) is 14.4 Å². The fourth-order valence-electron chi connectivity index (χ4n) is 3.09. The molecule has 152 valence electrons. The number of nitrogens with one attached hydrogen (secondary N) is 2. The normalized spacial score (nSPS) is 12.0. The number of quaternary nitrogens is 1. The maximum atomic E-state index is 12.8. The fourth-order valence-corrected chi connectivity index (χ4v) is 3.74. The van der Waals surface area contributed by atoms with Gasteiger partial charge in [-0.05, 0) is 30.5 Å². The number of likely N-dealkylation sites (N-methyl/N-ethyl adjacent to an activating group) is 1. The van der Waals surface area contributed by atoms with Crippen molar-refractivity contribution in [3.05, 3.63) is 62.8 Å². The van der Waals surface area contributed by atoms with E-state index in [0.29, 0.717) is 36.4 Å². The third-order valence-corrected chi connectivity index (χ3v) is 5.49. The van der Waals surface area contributed by atoms with Crippen molar-refractivity contribution >= 4 is 34.1 Å². The van der Waals surface area contributed by atoms with E-state index in [2.05, 4.69) is 10.3 Å². The molecular weight excluding hydrogens is 390 g/mol. The number of primary amides is 1. The minimum atomic E-state index is -0.614.